The molecule has 0 atom stereocenters. The molecule has 0 saturated heterocycles. The van der Waals surface area contributed by atoms with Gasteiger partial charge in [0.15, 0.2) is 0 Å². The van der Waals surface area contributed by atoms with Gasteiger partial charge in [0.1, 0.15) is 0 Å². The van der Waals surface area contributed by atoms with E-state index in [9.17, 15) is 4.79 Å². The highest BCUT2D eigenvalue weighted by molar-refractivity contribution is 14.1. The Bertz CT molecular complexity index is 582. The lowest BCUT2D eigenvalue weighted by Gasteiger charge is -2.00. The lowest BCUT2D eigenvalue weighted by Crippen LogP contribution is -2.19. The number of nitrogens with zero attached hydrogens (tertiary/aromatic N) is 1. The van der Waals surface area contributed by atoms with Crippen molar-refractivity contribution in [3.63, 3.8) is 0 Å². The molecule has 0 aliphatic carbocycles. The molecule has 0 bridgehead atoms. The number of benzene rings is 2. The van der Waals surface area contributed by atoms with Gasteiger partial charge in [-0.25, -0.2) is 5.43 Å². The molecule has 2 aromatic rings. The number of amides is 1. The Morgan fingerprint density at radius 3 is 2.68 bits per heavy atom. The third kappa shape index (κ3) is 4.82. The van der Waals surface area contributed by atoms with Crippen molar-refractivity contribution in [3.05, 3.63) is 69.3 Å². The number of halogens is 1. The van der Waals surface area contributed by atoms with Crippen LogP contribution in [-0.4, -0.2) is 12.1 Å². The van der Waals surface area contributed by atoms with Gasteiger partial charge >= 0.3 is 0 Å². The van der Waals surface area contributed by atoms with Crippen LogP contribution in [-0.2, 0) is 11.2 Å². The SMILES string of the molecule is O=C(Cc1ccccc1)NN=Cc1cccc(I)c1. The summed E-state index contributed by atoms with van der Waals surface area (Å²) in [7, 11) is 0. The summed E-state index contributed by atoms with van der Waals surface area (Å²) in [6.45, 7) is 0. The summed E-state index contributed by atoms with van der Waals surface area (Å²) in [5.74, 6) is -0.118. The molecule has 0 heterocycles. The van der Waals surface area contributed by atoms with Gasteiger partial charge in [-0.2, -0.15) is 5.10 Å². The van der Waals surface area contributed by atoms with Crippen LogP contribution >= 0.6 is 22.6 Å². The Kier molecular flexibility index (Phi) is 5.09. The standard InChI is InChI=1S/C15H13IN2O/c16-14-8-4-7-13(9-14)11-17-18-15(19)10-12-5-2-1-3-6-12/h1-9,11H,10H2,(H,18,19). The summed E-state index contributed by atoms with van der Waals surface area (Å²) in [5, 5.41) is 3.95. The van der Waals surface area contributed by atoms with Crippen LogP contribution in [0.15, 0.2) is 59.7 Å². The molecule has 0 spiro atoms. The maximum absolute atomic E-state index is 11.6. The molecule has 1 amide bonds. The molecule has 4 heteroatoms. The molecule has 0 saturated carbocycles. The summed E-state index contributed by atoms with van der Waals surface area (Å²) >= 11 is 2.24. The number of carbonyl (C=O) groups excluding carboxylic acids is 1. The molecule has 0 aromatic heterocycles. The van der Waals surface area contributed by atoms with E-state index in [4.69, 9.17) is 0 Å². The van der Waals surface area contributed by atoms with Crippen LogP contribution in [0.25, 0.3) is 0 Å². The molecule has 0 aliphatic rings. The maximum atomic E-state index is 11.6. The van der Waals surface area contributed by atoms with E-state index in [0.29, 0.717) is 6.42 Å². The van der Waals surface area contributed by atoms with Crippen molar-refractivity contribution in [2.75, 3.05) is 0 Å². The molecule has 1 N–H and O–H groups in total. The van der Waals surface area contributed by atoms with Crippen molar-refractivity contribution >= 4 is 34.7 Å². The van der Waals surface area contributed by atoms with Crippen molar-refractivity contribution < 1.29 is 4.79 Å². The monoisotopic (exact) mass is 364 g/mol. The number of rotatable bonds is 4. The van der Waals surface area contributed by atoms with E-state index in [1.165, 1.54) is 0 Å². The van der Waals surface area contributed by atoms with Crippen LogP contribution in [0.4, 0.5) is 0 Å². The minimum Gasteiger partial charge on any atom is -0.273 e. The number of carbonyl (C=O) groups is 1. The Balaban J connectivity index is 1.87. The molecule has 19 heavy (non-hydrogen) atoms. The predicted octanol–water partition coefficient (Wildman–Crippen LogP) is 2.98. The highest BCUT2D eigenvalue weighted by Gasteiger charge is 2.00. The zero-order chi connectivity index (χ0) is 13.5. The van der Waals surface area contributed by atoms with Crippen molar-refractivity contribution in [1.29, 1.82) is 0 Å². The first-order valence-electron chi connectivity index (χ1n) is 5.85. The first kappa shape index (κ1) is 13.7. The molecule has 0 aliphatic heterocycles. The van der Waals surface area contributed by atoms with Crippen LogP contribution < -0.4 is 5.43 Å². The highest BCUT2D eigenvalue weighted by Crippen LogP contribution is 2.05. The van der Waals surface area contributed by atoms with Gasteiger partial charge in [-0.05, 0) is 45.9 Å². The Morgan fingerprint density at radius 2 is 1.95 bits per heavy atom. The maximum Gasteiger partial charge on any atom is 0.244 e. The van der Waals surface area contributed by atoms with Crippen molar-refractivity contribution in [1.82, 2.24) is 5.43 Å². The van der Waals surface area contributed by atoms with Gasteiger partial charge in [0, 0.05) is 3.57 Å². The molecule has 0 unspecified atom stereocenters. The quantitative estimate of drug-likeness (QED) is 0.506. The van der Waals surface area contributed by atoms with E-state index in [1.54, 1.807) is 6.21 Å². The summed E-state index contributed by atoms with van der Waals surface area (Å²) in [4.78, 5) is 11.6. The van der Waals surface area contributed by atoms with Gasteiger partial charge in [-0.3, -0.25) is 4.79 Å². The third-order valence-electron chi connectivity index (χ3n) is 2.46. The van der Waals surface area contributed by atoms with Crippen molar-refractivity contribution in [2.45, 2.75) is 6.42 Å². The van der Waals surface area contributed by atoms with E-state index >= 15 is 0 Å². The Morgan fingerprint density at radius 1 is 1.16 bits per heavy atom. The van der Waals surface area contributed by atoms with Crippen molar-refractivity contribution in [2.24, 2.45) is 5.10 Å². The lowest BCUT2D eigenvalue weighted by molar-refractivity contribution is -0.120. The van der Waals surface area contributed by atoms with E-state index in [1.807, 2.05) is 54.6 Å². The van der Waals surface area contributed by atoms with Gasteiger partial charge in [0.05, 0.1) is 12.6 Å². The van der Waals surface area contributed by atoms with Crippen LogP contribution in [0, 0.1) is 3.57 Å². The lowest BCUT2D eigenvalue weighted by atomic mass is 10.1. The molecular formula is C15H13IN2O. The summed E-state index contributed by atoms with van der Waals surface area (Å²) in [6, 6.07) is 17.5. The van der Waals surface area contributed by atoms with E-state index < -0.39 is 0 Å². The minimum atomic E-state index is -0.118. The van der Waals surface area contributed by atoms with E-state index in [0.717, 1.165) is 14.7 Å². The smallest absolute Gasteiger partial charge is 0.244 e. The average Bonchev–Trinajstić information content (AvgIpc) is 2.40. The minimum absolute atomic E-state index is 0.118. The van der Waals surface area contributed by atoms with Gasteiger partial charge < -0.3 is 0 Å². The zero-order valence-electron chi connectivity index (χ0n) is 10.2. The third-order valence-corrected chi connectivity index (χ3v) is 3.13. The first-order valence-corrected chi connectivity index (χ1v) is 6.93. The Hall–Kier alpha value is -1.69. The van der Waals surface area contributed by atoms with Crippen LogP contribution in [0.3, 0.4) is 0 Å². The number of hydrogen-bond donors (Lipinski definition) is 1. The van der Waals surface area contributed by atoms with Crippen LogP contribution in [0.2, 0.25) is 0 Å². The van der Waals surface area contributed by atoms with Crippen molar-refractivity contribution in [3.8, 4) is 0 Å². The fraction of sp³-hybridized carbons (Fsp3) is 0.0667. The molecule has 2 aromatic carbocycles. The molecular weight excluding hydrogens is 351 g/mol. The molecule has 3 nitrogen and oxygen atoms in total. The van der Waals surface area contributed by atoms with Gasteiger partial charge in [-0.15, -0.1) is 0 Å². The van der Waals surface area contributed by atoms with Crippen LogP contribution in [0.5, 0.6) is 0 Å². The number of hydrogen-bond acceptors (Lipinski definition) is 2. The first-order chi connectivity index (χ1) is 9.24. The Labute approximate surface area is 125 Å². The molecule has 2 rings (SSSR count). The second kappa shape index (κ2) is 7.04. The number of hydrazone groups is 1. The second-order valence-corrected chi connectivity index (χ2v) is 5.26. The second-order valence-electron chi connectivity index (χ2n) is 4.01. The van der Waals surface area contributed by atoms with E-state index in [-0.39, 0.29) is 5.91 Å². The highest BCUT2D eigenvalue weighted by atomic mass is 127. The van der Waals surface area contributed by atoms with Gasteiger partial charge in [0.25, 0.3) is 0 Å². The normalized spacial score (nSPS) is 10.6. The average molecular weight is 364 g/mol. The van der Waals surface area contributed by atoms with Gasteiger partial charge in [-0.1, -0.05) is 42.5 Å². The largest absolute Gasteiger partial charge is 0.273 e. The topological polar surface area (TPSA) is 41.5 Å². The van der Waals surface area contributed by atoms with E-state index in [2.05, 4.69) is 33.1 Å². The summed E-state index contributed by atoms with van der Waals surface area (Å²) in [5.41, 5.74) is 4.47. The van der Waals surface area contributed by atoms with Gasteiger partial charge in [0.2, 0.25) is 5.91 Å². The zero-order valence-corrected chi connectivity index (χ0v) is 12.4. The molecule has 96 valence electrons. The molecule has 0 fully saturated rings. The fourth-order valence-corrected chi connectivity index (χ4v) is 2.15. The summed E-state index contributed by atoms with van der Waals surface area (Å²) in [6.07, 6.45) is 1.98. The predicted molar refractivity (Wildman–Crippen MR) is 85.0 cm³/mol. The summed E-state index contributed by atoms with van der Waals surface area (Å²) < 4.78 is 1.14. The molecule has 0 radical (unpaired) electrons. The fourth-order valence-electron chi connectivity index (χ4n) is 1.59. The van der Waals surface area contributed by atoms with Crippen LogP contribution in [0.1, 0.15) is 11.1 Å². The number of nitrogens with one attached hydrogen (secondary N) is 1.